The van der Waals surface area contributed by atoms with E-state index in [9.17, 15) is 4.79 Å². The number of hydrogen-bond donors (Lipinski definition) is 1. The van der Waals surface area contributed by atoms with Crippen LogP contribution in [0, 0.1) is 0 Å². The number of amides is 1. The molecule has 4 nitrogen and oxygen atoms in total. The number of aromatic nitrogens is 1. The number of hydrogen-bond acceptors (Lipinski definition) is 5. The van der Waals surface area contributed by atoms with E-state index < -0.39 is 0 Å². The van der Waals surface area contributed by atoms with Gasteiger partial charge in [-0.15, -0.1) is 11.3 Å². The van der Waals surface area contributed by atoms with Gasteiger partial charge in [-0.3, -0.25) is 4.79 Å². The van der Waals surface area contributed by atoms with E-state index in [0.29, 0.717) is 15.8 Å². The number of nitrogens with zero attached hydrogens (tertiary/aromatic N) is 2. The SMILES string of the molecule is O=C(CSc1nc(-c2ccc(Cl)cc2)cs1)Nc1cccc(Cl)c1N1CCCCC1. The van der Waals surface area contributed by atoms with Gasteiger partial charge in [0.25, 0.3) is 0 Å². The zero-order chi connectivity index (χ0) is 20.9. The number of halogens is 2. The molecule has 2 aromatic carbocycles. The fourth-order valence-electron chi connectivity index (χ4n) is 3.45. The van der Waals surface area contributed by atoms with Crippen molar-refractivity contribution in [3.8, 4) is 11.3 Å². The van der Waals surface area contributed by atoms with E-state index in [-0.39, 0.29) is 5.91 Å². The van der Waals surface area contributed by atoms with Gasteiger partial charge in [0.05, 0.1) is 27.8 Å². The third-order valence-electron chi connectivity index (χ3n) is 4.88. The molecule has 0 spiro atoms. The number of piperidine rings is 1. The van der Waals surface area contributed by atoms with Crippen LogP contribution in [-0.4, -0.2) is 29.7 Å². The van der Waals surface area contributed by atoms with E-state index in [1.54, 1.807) is 0 Å². The third kappa shape index (κ3) is 5.30. The standard InChI is InChI=1S/C22H21Cl2N3OS2/c23-16-9-7-15(8-10-16)19-13-29-22(26-19)30-14-20(28)25-18-6-4-5-17(24)21(18)27-11-2-1-3-12-27/h4-10,13H,1-3,11-12,14H2,(H,25,28). The van der Waals surface area contributed by atoms with Crippen LogP contribution in [0.25, 0.3) is 11.3 Å². The zero-order valence-electron chi connectivity index (χ0n) is 16.2. The smallest absolute Gasteiger partial charge is 0.234 e. The highest BCUT2D eigenvalue weighted by Crippen LogP contribution is 2.36. The number of benzene rings is 2. The minimum absolute atomic E-state index is 0.0660. The number of thiazole rings is 1. The van der Waals surface area contributed by atoms with Crippen molar-refractivity contribution >= 4 is 63.6 Å². The first kappa shape index (κ1) is 21.5. The monoisotopic (exact) mass is 477 g/mol. The molecule has 4 rings (SSSR count). The fraction of sp³-hybridized carbons (Fsp3) is 0.273. The molecule has 156 valence electrons. The lowest BCUT2D eigenvalue weighted by molar-refractivity contribution is -0.113. The molecule has 0 radical (unpaired) electrons. The summed E-state index contributed by atoms with van der Waals surface area (Å²) in [6.45, 7) is 1.93. The molecular weight excluding hydrogens is 457 g/mol. The molecule has 0 aliphatic carbocycles. The number of para-hydroxylation sites is 1. The fourth-order valence-corrected chi connectivity index (χ4v) is 5.50. The summed E-state index contributed by atoms with van der Waals surface area (Å²) in [6.07, 6.45) is 3.54. The molecule has 1 N–H and O–H groups in total. The van der Waals surface area contributed by atoms with E-state index >= 15 is 0 Å². The van der Waals surface area contributed by atoms with Crippen LogP contribution >= 0.6 is 46.3 Å². The van der Waals surface area contributed by atoms with Crippen molar-refractivity contribution in [3.05, 3.63) is 57.9 Å². The van der Waals surface area contributed by atoms with Crippen LogP contribution in [0.5, 0.6) is 0 Å². The Balaban J connectivity index is 1.39. The van der Waals surface area contributed by atoms with Gasteiger partial charge in [0.1, 0.15) is 0 Å². The first-order chi connectivity index (χ1) is 14.6. The summed E-state index contributed by atoms with van der Waals surface area (Å²) in [7, 11) is 0. The van der Waals surface area contributed by atoms with Crippen molar-refractivity contribution < 1.29 is 4.79 Å². The Hall–Kier alpha value is -1.73. The van der Waals surface area contributed by atoms with Crippen molar-refractivity contribution in [1.82, 2.24) is 4.98 Å². The van der Waals surface area contributed by atoms with Crippen LogP contribution in [0.15, 0.2) is 52.2 Å². The minimum atomic E-state index is -0.0660. The van der Waals surface area contributed by atoms with Gasteiger partial charge in [0.15, 0.2) is 4.34 Å². The van der Waals surface area contributed by atoms with Gasteiger partial charge in [0.2, 0.25) is 5.91 Å². The molecule has 1 saturated heterocycles. The lowest BCUT2D eigenvalue weighted by atomic mass is 10.1. The van der Waals surface area contributed by atoms with Crippen molar-refractivity contribution in [1.29, 1.82) is 0 Å². The van der Waals surface area contributed by atoms with Gasteiger partial charge >= 0.3 is 0 Å². The van der Waals surface area contributed by atoms with Crippen LogP contribution < -0.4 is 10.2 Å². The van der Waals surface area contributed by atoms with Crippen molar-refractivity contribution in [2.24, 2.45) is 0 Å². The maximum atomic E-state index is 12.6. The van der Waals surface area contributed by atoms with Crippen molar-refractivity contribution in [3.63, 3.8) is 0 Å². The summed E-state index contributed by atoms with van der Waals surface area (Å²) in [5.74, 6) is 0.225. The molecule has 1 amide bonds. The second kappa shape index (κ2) is 10.1. The number of nitrogens with one attached hydrogen (secondary N) is 1. The molecule has 2 heterocycles. The van der Waals surface area contributed by atoms with Gasteiger partial charge in [-0.05, 0) is 43.5 Å². The predicted molar refractivity (Wildman–Crippen MR) is 129 cm³/mol. The van der Waals surface area contributed by atoms with Crippen LogP contribution in [0.1, 0.15) is 19.3 Å². The minimum Gasteiger partial charge on any atom is -0.369 e. The topological polar surface area (TPSA) is 45.2 Å². The molecule has 0 atom stereocenters. The number of carbonyl (C=O) groups excluding carboxylic acids is 1. The second-order valence-corrected chi connectivity index (χ2v) is 9.95. The Morgan fingerprint density at radius 1 is 1.10 bits per heavy atom. The summed E-state index contributed by atoms with van der Waals surface area (Å²) >= 11 is 15.4. The van der Waals surface area contributed by atoms with Crippen molar-refractivity contribution in [2.75, 3.05) is 29.1 Å². The second-order valence-electron chi connectivity index (χ2n) is 7.03. The molecule has 30 heavy (non-hydrogen) atoms. The highest BCUT2D eigenvalue weighted by Gasteiger charge is 2.19. The van der Waals surface area contributed by atoms with E-state index in [0.717, 1.165) is 52.9 Å². The van der Waals surface area contributed by atoms with E-state index in [1.807, 2.05) is 47.8 Å². The molecule has 1 aliphatic rings. The van der Waals surface area contributed by atoms with Gasteiger partial charge < -0.3 is 10.2 Å². The molecule has 1 fully saturated rings. The Morgan fingerprint density at radius 3 is 2.63 bits per heavy atom. The largest absolute Gasteiger partial charge is 0.369 e. The third-order valence-corrected chi connectivity index (χ3v) is 7.46. The average Bonchev–Trinajstić information content (AvgIpc) is 3.23. The van der Waals surface area contributed by atoms with E-state index in [2.05, 4.69) is 15.2 Å². The Bertz CT molecular complexity index is 1020. The summed E-state index contributed by atoms with van der Waals surface area (Å²) in [5.41, 5.74) is 3.60. The molecule has 0 bridgehead atoms. The Kier molecular flexibility index (Phi) is 7.20. The molecule has 8 heteroatoms. The predicted octanol–water partition coefficient (Wildman–Crippen LogP) is 6.84. The normalized spacial score (nSPS) is 14.0. The van der Waals surface area contributed by atoms with Gasteiger partial charge in [-0.1, -0.05) is 53.2 Å². The van der Waals surface area contributed by atoms with Gasteiger partial charge in [-0.2, -0.15) is 0 Å². The lowest BCUT2D eigenvalue weighted by Crippen LogP contribution is -2.30. The Morgan fingerprint density at radius 2 is 1.87 bits per heavy atom. The van der Waals surface area contributed by atoms with Gasteiger partial charge in [0, 0.05) is 29.1 Å². The maximum Gasteiger partial charge on any atom is 0.234 e. The van der Waals surface area contributed by atoms with Crippen LogP contribution in [0.3, 0.4) is 0 Å². The highest BCUT2D eigenvalue weighted by atomic mass is 35.5. The molecule has 0 unspecified atom stereocenters. The molecule has 1 aromatic heterocycles. The quantitative estimate of drug-likeness (QED) is 0.394. The lowest BCUT2D eigenvalue weighted by Gasteiger charge is -2.31. The summed E-state index contributed by atoms with van der Waals surface area (Å²) in [4.78, 5) is 19.5. The number of anilines is 2. The summed E-state index contributed by atoms with van der Waals surface area (Å²) in [5, 5.41) is 6.41. The number of carbonyl (C=O) groups is 1. The number of thioether (sulfide) groups is 1. The van der Waals surface area contributed by atoms with Crippen LogP contribution in [0.2, 0.25) is 10.0 Å². The first-order valence-corrected chi connectivity index (χ1v) is 12.4. The molecular formula is C22H21Cl2N3OS2. The summed E-state index contributed by atoms with van der Waals surface area (Å²) in [6, 6.07) is 13.3. The van der Waals surface area contributed by atoms with Gasteiger partial charge in [-0.25, -0.2) is 4.98 Å². The molecule has 3 aromatic rings. The molecule has 0 saturated carbocycles. The zero-order valence-corrected chi connectivity index (χ0v) is 19.4. The van der Waals surface area contributed by atoms with Crippen molar-refractivity contribution in [2.45, 2.75) is 23.6 Å². The average molecular weight is 478 g/mol. The number of rotatable bonds is 6. The summed E-state index contributed by atoms with van der Waals surface area (Å²) < 4.78 is 0.859. The first-order valence-electron chi connectivity index (χ1n) is 9.78. The maximum absolute atomic E-state index is 12.6. The van der Waals surface area contributed by atoms with Crippen LogP contribution in [-0.2, 0) is 4.79 Å². The highest BCUT2D eigenvalue weighted by molar-refractivity contribution is 8.01. The Labute approximate surface area is 194 Å². The molecule has 1 aliphatic heterocycles. The van der Waals surface area contributed by atoms with E-state index in [4.69, 9.17) is 23.2 Å². The van der Waals surface area contributed by atoms with E-state index in [1.165, 1.54) is 29.5 Å². The van der Waals surface area contributed by atoms with Crippen LogP contribution in [0.4, 0.5) is 11.4 Å².